The Hall–Kier alpha value is -2.13. The van der Waals surface area contributed by atoms with E-state index in [-0.39, 0.29) is 23.6 Å². The van der Waals surface area contributed by atoms with Crippen LogP contribution in [0.5, 0.6) is 5.75 Å². The third kappa shape index (κ3) is 4.47. The van der Waals surface area contributed by atoms with Crippen LogP contribution in [0.3, 0.4) is 0 Å². The third-order valence-corrected chi connectivity index (χ3v) is 6.39. The van der Waals surface area contributed by atoms with Gasteiger partial charge in [0, 0.05) is 35.6 Å². The number of nitrogens with zero attached hydrogens (tertiary/aromatic N) is 3. The van der Waals surface area contributed by atoms with Gasteiger partial charge in [0.15, 0.2) is 5.82 Å². The van der Waals surface area contributed by atoms with E-state index in [2.05, 4.69) is 10.1 Å². The second-order valence-corrected chi connectivity index (χ2v) is 8.78. The predicted octanol–water partition coefficient (Wildman–Crippen LogP) is 3.92. The molecule has 148 valence electrons. The largest absolute Gasteiger partial charge is 0.495 e. The Morgan fingerprint density at radius 3 is 2.46 bits per heavy atom. The van der Waals surface area contributed by atoms with Crippen molar-refractivity contribution in [2.24, 2.45) is 0 Å². The van der Waals surface area contributed by atoms with Crippen LogP contribution in [0.15, 0.2) is 51.9 Å². The lowest BCUT2D eigenvalue weighted by Crippen LogP contribution is -2.29. The first kappa shape index (κ1) is 20.6. The molecule has 0 amide bonds. The number of halogens is 2. The molecule has 1 heterocycles. The van der Waals surface area contributed by atoms with Gasteiger partial charge in [-0.05, 0) is 42.5 Å². The van der Waals surface area contributed by atoms with Crippen LogP contribution in [0.1, 0.15) is 5.82 Å². The fraction of sp³-hybridized carbons (Fsp3) is 0.222. The van der Waals surface area contributed by atoms with E-state index in [4.69, 9.17) is 32.5 Å². The summed E-state index contributed by atoms with van der Waals surface area (Å²) in [6, 6.07) is 11.4. The van der Waals surface area contributed by atoms with Crippen LogP contribution in [-0.4, -0.2) is 43.6 Å². The van der Waals surface area contributed by atoms with Gasteiger partial charge in [0.2, 0.25) is 10.0 Å². The first-order valence-corrected chi connectivity index (χ1v) is 10.4. The van der Waals surface area contributed by atoms with E-state index in [0.717, 1.165) is 5.56 Å². The molecule has 0 saturated carbocycles. The fourth-order valence-corrected chi connectivity index (χ4v) is 4.17. The summed E-state index contributed by atoms with van der Waals surface area (Å²) in [5, 5.41) is 4.81. The van der Waals surface area contributed by atoms with Crippen molar-refractivity contribution in [3.63, 3.8) is 0 Å². The molecular weight excluding hydrogens is 425 g/mol. The molecule has 0 N–H and O–H groups in total. The molecule has 0 aliphatic rings. The molecule has 28 heavy (non-hydrogen) atoms. The third-order valence-electron chi connectivity index (χ3n) is 4.02. The molecule has 7 nitrogen and oxygen atoms in total. The van der Waals surface area contributed by atoms with Crippen LogP contribution < -0.4 is 4.74 Å². The highest BCUT2D eigenvalue weighted by atomic mass is 35.5. The number of hydrogen-bond acceptors (Lipinski definition) is 6. The van der Waals surface area contributed by atoms with Crippen molar-refractivity contribution in [3.8, 4) is 17.2 Å². The van der Waals surface area contributed by atoms with Gasteiger partial charge in [-0.1, -0.05) is 28.4 Å². The van der Waals surface area contributed by atoms with E-state index in [1.807, 2.05) is 0 Å². The van der Waals surface area contributed by atoms with Gasteiger partial charge in [-0.3, -0.25) is 0 Å². The Morgan fingerprint density at radius 1 is 1.11 bits per heavy atom. The number of methoxy groups -OCH3 is 1. The lowest BCUT2D eigenvalue weighted by atomic mass is 10.2. The zero-order valence-corrected chi connectivity index (χ0v) is 17.4. The molecule has 3 aromatic rings. The summed E-state index contributed by atoms with van der Waals surface area (Å²) in [6.07, 6.45) is 0.274. The average Bonchev–Trinajstić information content (AvgIpc) is 3.15. The molecule has 1 aromatic heterocycles. The summed E-state index contributed by atoms with van der Waals surface area (Å²) < 4.78 is 37.3. The summed E-state index contributed by atoms with van der Waals surface area (Å²) in [5.74, 6) is 0.958. The van der Waals surface area contributed by atoms with Crippen molar-refractivity contribution in [1.82, 2.24) is 14.4 Å². The minimum atomic E-state index is -3.80. The van der Waals surface area contributed by atoms with Gasteiger partial charge in [0.25, 0.3) is 5.89 Å². The number of ether oxygens (including phenoxy) is 1. The second kappa shape index (κ2) is 8.48. The van der Waals surface area contributed by atoms with Crippen molar-refractivity contribution < 1.29 is 17.7 Å². The Labute approximate surface area is 172 Å². The van der Waals surface area contributed by atoms with Crippen molar-refractivity contribution >= 4 is 33.2 Å². The highest BCUT2D eigenvalue weighted by Gasteiger charge is 2.25. The number of likely N-dealkylation sites (N-methyl/N-ethyl adjacent to an activating group) is 1. The summed E-state index contributed by atoms with van der Waals surface area (Å²) in [4.78, 5) is 4.30. The van der Waals surface area contributed by atoms with Crippen LogP contribution in [0.4, 0.5) is 0 Å². The number of benzene rings is 2. The van der Waals surface area contributed by atoms with Crippen molar-refractivity contribution in [2.45, 2.75) is 11.3 Å². The Morgan fingerprint density at radius 2 is 1.79 bits per heavy atom. The lowest BCUT2D eigenvalue weighted by molar-refractivity contribution is 0.396. The number of sulfonamides is 1. The Kier molecular flexibility index (Phi) is 6.24. The summed E-state index contributed by atoms with van der Waals surface area (Å²) in [6.45, 7) is 0.150. The van der Waals surface area contributed by atoms with Gasteiger partial charge in [-0.15, -0.1) is 0 Å². The molecule has 0 unspecified atom stereocenters. The molecule has 0 aliphatic heterocycles. The van der Waals surface area contributed by atoms with Crippen LogP contribution in [0, 0.1) is 0 Å². The van der Waals surface area contributed by atoms with Crippen molar-refractivity contribution in [2.75, 3.05) is 20.7 Å². The predicted molar refractivity (Wildman–Crippen MR) is 106 cm³/mol. The van der Waals surface area contributed by atoms with Crippen molar-refractivity contribution in [1.29, 1.82) is 0 Å². The van der Waals surface area contributed by atoms with Crippen LogP contribution in [-0.2, 0) is 16.4 Å². The van der Waals surface area contributed by atoms with Gasteiger partial charge in [0.1, 0.15) is 10.6 Å². The lowest BCUT2D eigenvalue weighted by Gasteiger charge is -2.18. The summed E-state index contributed by atoms with van der Waals surface area (Å²) in [5.41, 5.74) is 0.729. The van der Waals surface area contributed by atoms with E-state index in [0.29, 0.717) is 21.8 Å². The zero-order chi connectivity index (χ0) is 20.3. The Bertz CT molecular complexity index is 1070. The molecule has 3 rings (SSSR count). The molecule has 0 bridgehead atoms. The first-order chi connectivity index (χ1) is 13.3. The van der Waals surface area contributed by atoms with Gasteiger partial charge >= 0.3 is 0 Å². The molecule has 2 aromatic carbocycles. The molecule has 0 aliphatic carbocycles. The monoisotopic (exact) mass is 441 g/mol. The van der Waals surface area contributed by atoms with E-state index in [1.54, 1.807) is 30.3 Å². The first-order valence-electron chi connectivity index (χ1n) is 8.19. The van der Waals surface area contributed by atoms with E-state index in [1.165, 1.54) is 30.6 Å². The average molecular weight is 442 g/mol. The fourth-order valence-electron chi connectivity index (χ4n) is 2.46. The highest BCUT2D eigenvalue weighted by molar-refractivity contribution is 7.89. The second-order valence-electron chi connectivity index (χ2n) is 5.89. The van der Waals surface area contributed by atoms with E-state index >= 15 is 0 Å². The topological polar surface area (TPSA) is 85.5 Å². The van der Waals surface area contributed by atoms with Crippen LogP contribution >= 0.6 is 23.2 Å². The van der Waals surface area contributed by atoms with Gasteiger partial charge in [-0.2, -0.15) is 4.98 Å². The quantitative estimate of drug-likeness (QED) is 0.552. The standard InChI is InChI=1S/C18H17Cl2N3O4S/c1-23(28(24,25)16-11-14(20)7-8-15(16)26-2)10-9-17-21-18(27-22-17)12-3-5-13(19)6-4-12/h3-8,11H,9-10H2,1-2H3. The number of aromatic nitrogens is 2. The zero-order valence-electron chi connectivity index (χ0n) is 15.1. The number of hydrogen-bond donors (Lipinski definition) is 0. The van der Waals surface area contributed by atoms with Gasteiger partial charge in [-0.25, -0.2) is 12.7 Å². The maximum absolute atomic E-state index is 12.9. The van der Waals surface area contributed by atoms with Crippen LogP contribution in [0.2, 0.25) is 10.0 Å². The van der Waals surface area contributed by atoms with E-state index in [9.17, 15) is 8.42 Å². The normalized spacial score (nSPS) is 11.8. The molecule has 0 spiro atoms. The molecule has 0 fully saturated rings. The SMILES string of the molecule is COc1ccc(Cl)cc1S(=O)(=O)N(C)CCc1noc(-c2ccc(Cl)cc2)n1. The van der Waals surface area contributed by atoms with Crippen LogP contribution in [0.25, 0.3) is 11.5 Å². The molecule has 0 atom stereocenters. The summed E-state index contributed by atoms with van der Waals surface area (Å²) >= 11 is 11.8. The minimum absolute atomic E-state index is 0.0000322. The molecule has 0 saturated heterocycles. The molecule has 10 heteroatoms. The molecule has 0 radical (unpaired) electrons. The smallest absolute Gasteiger partial charge is 0.257 e. The summed E-state index contributed by atoms with van der Waals surface area (Å²) in [7, 11) is -0.931. The molecular formula is C18H17Cl2N3O4S. The van der Waals surface area contributed by atoms with Gasteiger partial charge < -0.3 is 9.26 Å². The Balaban J connectivity index is 1.73. The van der Waals surface area contributed by atoms with Gasteiger partial charge in [0.05, 0.1) is 7.11 Å². The van der Waals surface area contributed by atoms with E-state index < -0.39 is 10.0 Å². The van der Waals surface area contributed by atoms with Crippen molar-refractivity contribution in [3.05, 3.63) is 58.3 Å². The maximum atomic E-state index is 12.9. The number of rotatable bonds is 7. The highest BCUT2D eigenvalue weighted by Crippen LogP contribution is 2.29. The maximum Gasteiger partial charge on any atom is 0.257 e. The minimum Gasteiger partial charge on any atom is -0.495 e.